The van der Waals surface area contributed by atoms with E-state index in [0.29, 0.717) is 11.9 Å². The molecule has 96 valence electrons. The quantitative estimate of drug-likeness (QED) is 0.877. The lowest BCUT2D eigenvalue weighted by atomic mass is 10.1. The third kappa shape index (κ3) is 2.03. The first-order chi connectivity index (χ1) is 8.40. The highest BCUT2D eigenvalue weighted by atomic mass is 15.4. The van der Waals surface area contributed by atoms with Gasteiger partial charge in [0.25, 0.3) is 0 Å². The SMILES string of the molecule is Cc1cc(C)c(-n2nc(N(C)C)nc2N)c(C)c1. The van der Waals surface area contributed by atoms with Crippen LogP contribution in [0.2, 0.25) is 0 Å². The summed E-state index contributed by atoms with van der Waals surface area (Å²) in [5.74, 6) is 1.03. The lowest BCUT2D eigenvalue weighted by molar-refractivity contribution is 0.860. The van der Waals surface area contributed by atoms with Crippen molar-refractivity contribution in [1.29, 1.82) is 0 Å². The second kappa shape index (κ2) is 4.33. The van der Waals surface area contributed by atoms with Crippen molar-refractivity contribution < 1.29 is 0 Å². The van der Waals surface area contributed by atoms with E-state index in [0.717, 1.165) is 16.8 Å². The Morgan fingerprint density at radius 2 is 1.67 bits per heavy atom. The van der Waals surface area contributed by atoms with Gasteiger partial charge in [-0.3, -0.25) is 0 Å². The fraction of sp³-hybridized carbons (Fsp3) is 0.385. The van der Waals surface area contributed by atoms with Gasteiger partial charge in [0.05, 0.1) is 5.69 Å². The van der Waals surface area contributed by atoms with Gasteiger partial charge in [-0.2, -0.15) is 9.67 Å². The number of nitrogen functional groups attached to an aromatic ring is 1. The summed E-state index contributed by atoms with van der Waals surface area (Å²) < 4.78 is 1.71. The summed E-state index contributed by atoms with van der Waals surface area (Å²) in [5.41, 5.74) is 10.5. The number of anilines is 2. The van der Waals surface area contributed by atoms with E-state index < -0.39 is 0 Å². The van der Waals surface area contributed by atoms with Gasteiger partial charge in [0.1, 0.15) is 0 Å². The van der Waals surface area contributed by atoms with E-state index >= 15 is 0 Å². The van der Waals surface area contributed by atoms with Crippen molar-refractivity contribution in [1.82, 2.24) is 14.8 Å². The standard InChI is InChI=1S/C13H19N5/c1-8-6-9(2)11(10(3)7-8)18-12(14)15-13(16-18)17(4)5/h6-7H,1-5H3,(H2,14,15,16). The molecule has 5 nitrogen and oxygen atoms in total. The maximum absolute atomic E-state index is 5.95. The summed E-state index contributed by atoms with van der Waals surface area (Å²) in [5, 5.41) is 4.44. The number of hydrogen-bond acceptors (Lipinski definition) is 4. The molecule has 0 spiro atoms. The monoisotopic (exact) mass is 245 g/mol. The van der Waals surface area contributed by atoms with Gasteiger partial charge in [-0.1, -0.05) is 17.7 Å². The van der Waals surface area contributed by atoms with Gasteiger partial charge in [0.15, 0.2) is 0 Å². The van der Waals surface area contributed by atoms with Crippen molar-refractivity contribution in [3.8, 4) is 5.69 Å². The molecule has 1 aromatic carbocycles. The third-order valence-electron chi connectivity index (χ3n) is 2.87. The van der Waals surface area contributed by atoms with Gasteiger partial charge >= 0.3 is 0 Å². The lowest BCUT2D eigenvalue weighted by Gasteiger charge is -2.11. The van der Waals surface area contributed by atoms with Crippen LogP contribution in [0.5, 0.6) is 0 Å². The Balaban J connectivity index is 2.62. The molecule has 0 saturated heterocycles. The van der Waals surface area contributed by atoms with Gasteiger partial charge in [0.2, 0.25) is 11.9 Å². The molecule has 0 amide bonds. The van der Waals surface area contributed by atoms with E-state index in [2.05, 4.69) is 43.0 Å². The maximum Gasteiger partial charge on any atom is 0.246 e. The number of benzene rings is 1. The lowest BCUT2D eigenvalue weighted by Crippen LogP contribution is -2.11. The van der Waals surface area contributed by atoms with Crippen molar-refractivity contribution >= 4 is 11.9 Å². The zero-order valence-corrected chi connectivity index (χ0v) is 11.5. The van der Waals surface area contributed by atoms with Gasteiger partial charge in [0, 0.05) is 14.1 Å². The summed E-state index contributed by atoms with van der Waals surface area (Å²) in [6.45, 7) is 6.21. The van der Waals surface area contributed by atoms with Crippen LogP contribution in [-0.2, 0) is 0 Å². The van der Waals surface area contributed by atoms with E-state index in [4.69, 9.17) is 5.73 Å². The minimum atomic E-state index is 0.411. The zero-order chi connectivity index (χ0) is 13.4. The first-order valence-corrected chi connectivity index (χ1v) is 5.88. The highest BCUT2D eigenvalue weighted by Gasteiger charge is 2.14. The molecule has 0 bridgehead atoms. The van der Waals surface area contributed by atoms with Crippen LogP contribution in [0.1, 0.15) is 16.7 Å². The summed E-state index contributed by atoms with van der Waals surface area (Å²) in [6.07, 6.45) is 0. The van der Waals surface area contributed by atoms with E-state index in [-0.39, 0.29) is 0 Å². The maximum atomic E-state index is 5.95. The zero-order valence-electron chi connectivity index (χ0n) is 11.5. The number of nitrogens with two attached hydrogens (primary N) is 1. The van der Waals surface area contributed by atoms with E-state index in [1.807, 2.05) is 19.0 Å². The molecule has 2 aromatic rings. The Bertz CT molecular complexity index is 560. The molecule has 0 aliphatic rings. The van der Waals surface area contributed by atoms with Crippen LogP contribution in [0.15, 0.2) is 12.1 Å². The van der Waals surface area contributed by atoms with E-state index in [1.165, 1.54) is 5.56 Å². The average Bonchev–Trinajstić information content (AvgIpc) is 2.59. The molecule has 1 heterocycles. The molecule has 0 atom stereocenters. The van der Waals surface area contributed by atoms with Crippen molar-refractivity contribution in [2.24, 2.45) is 0 Å². The summed E-state index contributed by atoms with van der Waals surface area (Å²) >= 11 is 0. The first-order valence-electron chi connectivity index (χ1n) is 5.88. The Kier molecular flexibility index (Phi) is 2.98. The Labute approximate surface area is 107 Å². The molecule has 0 saturated carbocycles. The van der Waals surface area contributed by atoms with Crippen LogP contribution >= 0.6 is 0 Å². The molecule has 0 aliphatic heterocycles. The minimum absolute atomic E-state index is 0.411. The predicted molar refractivity (Wildman–Crippen MR) is 74.3 cm³/mol. The van der Waals surface area contributed by atoms with Crippen LogP contribution in [0.3, 0.4) is 0 Å². The fourth-order valence-electron chi connectivity index (χ4n) is 2.17. The van der Waals surface area contributed by atoms with Crippen molar-refractivity contribution in [3.05, 3.63) is 28.8 Å². The van der Waals surface area contributed by atoms with Crippen LogP contribution in [-0.4, -0.2) is 28.9 Å². The molecule has 0 radical (unpaired) electrons. The van der Waals surface area contributed by atoms with Crippen LogP contribution < -0.4 is 10.6 Å². The van der Waals surface area contributed by atoms with Gasteiger partial charge in [-0.05, 0) is 31.9 Å². The first kappa shape index (κ1) is 12.4. The highest BCUT2D eigenvalue weighted by Crippen LogP contribution is 2.23. The van der Waals surface area contributed by atoms with Gasteiger partial charge in [-0.25, -0.2) is 0 Å². The largest absolute Gasteiger partial charge is 0.368 e. The number of rotatable bonds is 2. The van der Waals surface area contributed by atoms with Crippen LogP contribution in [0.4, 0.5) is 11.9 Å². The molecular formula is C13H19N5. The molecule has 1 aromatic heterocycles. The number of aryl methyl sites for hydroxylation is 3. The number of aromatic nitrogens is 3. The molecular weight excluding hydrogens is 226 g/mol. The highest BCUT2D eigenvalue weighted by molar-refractivity contribution is 5.52. The molecule has 0 unspecified atom stereocenters. The summed E-state index contributed by atoms with van der Waals surface area (Å²) in [6, 6.07) is 4.25. The molecule has 0 fully saturated rings. The Morgan fingerprint density at radius 1 is 1.11 bits per heavy atom. The molecule has 2 N–H and O–H groups in total. The van der Waals surface area contributed by atoms with Gasteiger partial charge in [-0.15, -0.1) is 5.10 Å². The Morgan fingerprint density at radius 3 is 2.11 bits per heavy atom. The average molecular weight is 245 g/mol. The van der Waals surface area contributed by atoms with Crippen molar-refractivity contribution in [3.63, 3.8) is 0 Å². The second-order valence-corrected chi connectivity index (χ2v) is 4.82. The minimum Gasteiger partial charge on any atom is -0.368 e. The summed E-state index contributed by atoms with van der Waals surface area (Å²) in [7, 11) is 3.79. The smallest absolute Gasteiger partial charge is 0.246 e. The normalized spacial score (nSPS) is 10.7. The predicted octanol–water partition coefficient (Wildman–Crippen LogP) is 1.84. The number of nitrogens with zero attached hydrogens (tertiary/aromatic N) is 4. The van der Waals surface area contributed by atoms with Crippen molar-refractivity contribution in [2.45, 2.75) is 20.8 Å². The number of hydrogen-bond donors (Lipinski definition) is 1. The molecule has 2 rings (SSSR count). The van der Waals surface area contributed by atoms with E-state index in [1.54, 1.807) is 4.68 Å². The van der Waals surface area contributed by atoms with Crippen LogP contribution in [0, 0.1) is 20.8 Å². The third-order valence-corrected chi connectivity index (χ3v) is 2.87. The second-order valence-electron chi connectivity index (χ2n) is 4.82. The molecule has 0 aliphatic carbocycles. The summed E-state index contributed by atoms with van der Waals surface area (Å²) in [4.78, 5) is 6.09. The Hall–Kier alpha value is -2.04. The molecule has 18 heavy (non-hydrogen) atoms. The van der Waals surface area contributed by atoms with Crippen LogP contribution in [0.25, 0.3) is 5.69 Å². The van der Waals surface area contributed by atoms with E-state index in [9.17, 15) is 0 Å². The van der Waals surface area contributed by atoms with Crippen molar-refractivity contribution in [2.75, 3.05) is 24.7 Å². The van der Waals surface area contributed by atoms with Gasteiger partial charge < -0.3 is 10.6 Å². The fourth-order valence-corrected chi connectivity index (χ4v) is 2.17. The molecule has 5 heteroatoms. The topological polar surface area (TPSA) is 60.0 Å².